The first-order chi connectivity index (χ1) is 6.56. The topological polar surface area (TPSA) is 60.4 Å². The highest BCUT2D eigenvalue weighted by Gasteiger charge is 2.35. The van der Waals surface area contributed by atoms with Gasteiger partial charge in [-0.3, -0.25) is 9.59 Å². The molecule has 2 unspecified atom stereocenters. The van der Waals surface area contributed by atoms with Crippen LogP contribution in [0.1, 0.15) is 26.2 Å². The van der Waals surface area contributed by atoms with E-state index in [4.69, 9.17) is 0 Å². The highest BCUT2D eigenvalue weighted by molar-refractivity contribution is 6.38. The van der Waals surface area contributed by atoms with Crippen LogP contribution in [-0.4, -0.2) is 24.6 Å². The van der Waals surface area contributed by atoms with E-state index in [0.717, 1.165) is 13.5 Å². The summed E-state index contributed by atoms with van der Waals surface area (Å²) in [6, 6.07) is 0. The molecule has 0 saturated heterocycles. The number of hydrogen-bond donors (Lipinski definition) is 0. The summed E-state index contributed by atoms with van der Waals surface area (Å²) in [5.41, 5.74) is 0. The molecule has 4 heteroatoms. The van der Waals surface area contributed by atoms with Gasteiger partial charge in [-0.1, -0.05) is 6.92 Å². The molecule has 0 amide bonds. The van der Waals surface area contributed by atoms with Crippen molar-refractivity contribution in [3.63, 3.8) is 0 Å². The van der Waals surface area contributed by atoms with Crippen LogP contribution in [0, 0.1) is 11.8 Å². The molecule has 0 spiro atoms. The Morgan fingerprint density at radius 1 is 1.43 bits per heavy atom. The highest BCUT2D eigenvalue weighted by atomic mass is 16.5. The number of carbonyl (C=O) groups is 3. The summed E-state index contributed by atoms with van der Waals surface area (Å²) in [4.78, 5) is 33.7. The van der Waals surface area contributed by atoms with Crippen molar-refractivity contribution in [3.05, 3.63) is 0 Å². The summed E-state index contributed by atoms with van der Waals surface area (Å²) in [6.45, 7) is 1.98. The number of methoxy groups -OCH3 is 1. The van der Waals surface area contributed by atoms with E-state index in [0.29, 0.717) is 18.8 Å². The summed E-state index contributed by atoms with van der Waals surface area (Å²) in [5, 5.41) is 0. The average Bonchev–Trinajstić information content (AvgIpc) is 2.19. The quantitative estimate of drug-likeness (QED) is 0.373. The number of ketones is 2. The Kier molecular flexibility index (Phi) is 3.38. The van der Waals surface area contributed by atoms with Crippen LogP contribution < -0.4 is 0 Å². The average molecular weight is 198 g/mol. The van der Waals surface area contributed by atoms with E-state index in [1.807, 2.05) is 6.92 Å². The lowest BCUT2D eigenvalue weighted by atomic mass is 9.79. The number of esters is 1. The van der Waals surface area contributed by atoms with Gasteiger partial charge in [0, 0.05) is 6.42 Å². The van der Waals surface area contributed by atoms with Crippen LogP contribution in [0.5, 0.6) is 0 Å². The highest BCUT2D eigenvalue weighted by Crippen LogP contribution is 2.26. The fourth-order valence-corrected chi connectivity index (χ4v) is 1.71. The molecule has 0 heterocycles. The molecule has 0 bridgehead atoms. The Balaban J connectivity index is 2.70. The van der Waals surface area contributed by atoms with Gasteiger partial charge in [0.1, 0.15) is 5.78 Å². The summed E-state index contributed by atoms with van der Waals surface area (Å²) < 4.78 is 4.31. The summed E-state index contributed by atoms with van der Waals surface area (Å²) in [5.74, 6) is -2.16. The molecule has 0 radical (unpaired) electrons. The van der Waals surface area contributed by atoms with Crippen LogP contribution in [0.15, 0.2) is 0 Å². The van der Waals surface area contributed by atoms with Gasteiger partial charge in [0.25, 0.3) is 0 Å². The molecule has 1 rings (SSSR count). The van der Waals surface area contributed by atoms with Crippen molar-refractivity contribution in [2.45, 2.75) is 26.2 Å². The SMILES string of the molecule is COC(=O)C(=O)C1CC(C)CCC1=O. The van der Waals surface area contributed by atoms with E-state index < -0.39 is 17.7 Å². The molecule has 78 valence electrons. The second kappa shape index (κ2) is 4.35. The lowest BCUT2D eigenvalue weighted by molar-refractivity contribution is -0.156. The third-order valence-electron chi connectivity index (χ3n) is 2.61. The number of carbonyl (C=O) groups excluding carboxylic acids is 3. The van der Waals surface area contributed by atoms with Crippen LogP contribution in [0.3, 0.4) is 0 Å². The van der Waals surface area contributed by atoms with Crippen molar-refractivity contribution >= 4 is 17.5 Å². The maximum Gasteiger partial charge on any atom is 0.375 e. The van der Waals surface area contributed by atoms with Crippen LogP contribution in [0.4, 0.5) is 0 Å². The molecule has 0 N–H and O–H groups in total. The molecule has 1 fully saturated rings. The standard InChI is InChI=1S/C10H14O4/c1-6-3-4-8(11)7(5-6)9(12)10(13)14-2/h6-7H,3-5H2,1-2H3. The van der Waals surface area contributed by atoms with Crippen molar-refractivity contribution < 1.29 is 19.1 Å². The van der Waals surface area contributed by atoms with Gasteiger partial charge in [0.2, 0.25) is 5.78 Å². The summed E-state index contributed by atoms with van der Waals surface area (Å²) in [6.07, 6.45) is 1.69. The second-order valence-electron chi connectivity index (χ2n) is 3.75. The Morgan fingerprint density at radius 2 is 2.07 bits per heavy atom. The molecule has 0 aliphatic heterocycles. The molecular formula is C10H14O4. The smallest absolute Gasteiger partial charge is 0.375 e. The fraction of sp³-hybridized carbons (Fsp3) is 0.700. The molecule has 1 aliphatic rings. The summed E-state index contributed by atoms with van der Waals surface area (Å²) in [7, 11) is 1.15. The molecule has 4 nitrogen and oxygen atoms in total. The lowest BCUT2D eigenvalue weighted by Crippen LogP contribution is -2.35. The van der Waals surface area contributed by atoms with E-state index in [1.54, 1.807) is 0 Å². The first-order valence-electron chi connectivity index (χ1n) is 4.71. The Bertz CT molecular complexity index is 269. The number of rotatable bonds is 2. The van der Waals surface area contributed by atoms with Gasteiger partial charge in [0.15, 0.2) is 0 Å². The largest absolute Gasteiger partial charge is 0.463 e. The minimum absolute atomic E-state index is 0.126. The molecule has 1 saturated carbocycles. The summed E-state index contributed by atoms with van der Waals surface area (Å²) >= 11 is 0. The predicted octanol–water partition coefficient (Wildman–Crippen LogP) is 0.734. The maximum absolute atomic E-state index is 11.4. The predicted molar refractivity (Wildman–Crippen MR) is 48.5 cm³/mol. The maximum atomic E-state index is 11.4. The molecular weight excluding hydrogens is 184 g/mol. The van der Waals surface area contributed by atoms with Crippen molar-refractivity contribution in [3.8, 4) is 0 Å². The Hall–Kier alpha value is -1.19. The normalized spacial score (nSPS) is 27.1. The van der Waals surface area contributed by atoms with Crippen molar-refractivity contribution in [2.75, 3.05) is 7.11 Å². The van der Waals surface area contributed by atoms with E-state index in [9.17, 15) is 14.4 Å². The van der Waals surface area contributed by atoms with E-state index in [-0.39, 0.29) is 5.78 Å². The first-order valence-corrected chi connectivity index (χ1v) is 4.71. The van der Waals surface area contributed by atoms with Gasteiger partial charge in [0.05, 0.1) is 13.0 Å². The lowest BCUT2D eigenvalue weighted by Gasteiger charge is -2.23. The second-order valence-corrected chi connectivity index (χ2v) is 3.75. The Labute approximate surface area is 82.6 Å². The van der Waals surface area contributed by atoms with E-state index >= 15 is 0 Å². The van der Waals surface area contributed by atoms with Crippen LogP contribution in [0.25, 0.3) is 0 Å². The number of Topliss-reactive ketones (excluding diaryl/α,β-unsaturated/α-hetero) is 2. The molecule has 1 aliphatic carbocycles. The first kappa shape index (κ1) is 10.9. The van der Waals surface area contributed by atoms with E-state index in [1.165, 1.54) is 0 Å². The van der Waals surface area contributed by atoms with E-state index in [2.05, 4.69) is 4.74 Å². The van der Waals surface area contributed by atoms with Crippen LogP contribution >= 0.6 is 0 Å². The molecule has 14 heavy (non-hydrogen) atoms. The third kappa shape index (κ3) is 2.19. The minimum atomic E-state index is -0.905. The minimum Gasteiger partial charge on any atom is -0.463 e. The van der Waals surface area contributed by atoms with Crippen molar-refractivity contribution in [2.24, 2.45) is 11.8 Å². The zero-order valence-corrected chi connectivity index (χ0v) is 8.41. The molecule has 0 aromatic rings. The molecule has 2 atom stereocenters. The molecule has 0 aromatic heterocycles. The monoisotopic (exact) mass is 198 g/mol. The fourth-order valence-electron chi connectivity index (χ4n) is 1.71. The zero-order valence-electron chi connectivity index (χ0n) is 8.41. The van der Waals surface area contributed by atoms with Gasteiger partial charge in [-0.05, 0) is 18.8 Å². The van der Waals surface area contributed by atoms with Gasteiger partial charge >= 0.3 is 5.97 Å². The van der Waals surface area contributed by atoms with Gasteiger partial charge < -0.3 is 4.74 Å². The van der Waals surface area contributed by atoms with Crippen LogP contribution in [0.2, 0.25) is 0 Å². The van der Waals surface area contributed by atoms with Crippen LogP contribution in [-0.2, 0) is 19.1 Å². The van der Waals surface area contributed by atoms with Gasteiger partial charge in [-0.25, -0.2) is 4.79 Å². The van der Waals surface area contributed by atoms with Crippen molar-refractivity contribution in [1.29, 1.82) is 0 Å². The zero-order chi connectivity index (χ0) is 10.7. The third-order valence-corrected chi connectivity index (χ3v) is 2.61. The van der Waals surface area contributed by atoms with Gasteiger partial charge in [-0.2, -0.15) is 0 Å². The van der Waals surface area contributed by atoms with Gasteiger partial charge in [-0.15, -0.1) is 0 Å². The Morgan fingerprint density at radius 3 is 2.64 bits per heavy atom. The number of ether oxygens (including phenoxy) is 1. The number of hydrogen-bond acceptors (Lipinski definition) is 4. The molecule has 0 aromatic carbocycles. The van der Waals surface area contributed by atoms with Crippen molar-refractivity contribution in [1.82, 2.24) is 0 Å².